The van der Waals surface area contributed by atoms with E-state index in [-0.39, 0.29) is 6.04 Å². The number of nitrogens with zero attached hydrogens (tertiary/aromatic N) is 2. The van der Waals surface area contributed by atoms with Gasteiger partial charge in [-0.25, -0.2) is 0 Å². The highest BCUT2D eigenvalue weighted by atomic mass is 16.5. The molecule has 1 aromatic carbocycles. The lowest BCUT2D eigenvalue weighted by atomic mass is 10.0. The van der Waals surface area contributed by atoms with Crippen LogP contribution in [0.15, 0.2) is 23.2 Å². The minimum absolute atomic E-state index is 0.116. The number of hydrogen-bond donors (Lipinski definition) is 2. The molecule has 1 aliphatic rings. The molecule has 7 nitrogen and oxygen atoms in total. The van der Waals surface area contributed by atoms with Gasteiger partial charge in [0.05, 0.1) is 40.0 Å². The number of nitrogens with one attached hydrogen (secondary N) is 1. The summed E-state index contributed by atoms with van der Waals surface area (Å²) in [6, 6.07) is 6.14. The predicted octanol–water partition coefficient (Wildman–Crippen LogP) is 1.78. The summed E-state index contributed by atoms with van der Waals surface area (Å²) < 4.78 is 16.3. The van der Waals surface area contributed by atoms with Crippen LogP contribution in [0.5, 0.6) is 11.5 Å². The zero-order valence-electron chi connectivity index (χ0n) is 16.2. The second-order valence-electron chi connectivity index (χ2n) is 6.28. The van der Waals surface area contributed by atoms with Crippen LogP contribution >= 0.6 is 0 Å². The average molecular weight is 364 g/mol. The number of aliphatic imine (C=N–C) groups is 1. The Bertz CT molecular complexity index is 574. The summed E-state index contributed by atoms with van der Waals surface area (Å²) in [4.78, 5) is 6.96. The molecule has 1 atom stereocenters. The van der Waals surface area contributed by atoms with E-state index in [0.29, 0.717) is 12.5 Å². The van der Waals surface area contributed by atoms with Crippen molar-refractivity contribution in [3.8, 4) is 11.5 Å². The fraction of sp³-hybridized carbons (Fsp3) is 0.632. The molecule has 0 spiro atoms. The van der Waals surface area contributed by atoms with Crippen molar-refractivity contribution in [1.29, 1.82) is 0 Å². The second kappa shape index (κ2) is 10.9. The molecule has 0 aromatic heterocycles. The quantitative estimate of drug-likeness (QED) is 0.395. The lowest BCUT2D eigenvalue weighted by molar-refractivity contribution is 0.0179. The summed E-state index contributed by atoms with van der Waals surface area (Å²) in [6.07, 6.45) is 2.21. The molecule has 1 fully saturated rings. The number of benzene rings is 1. The molecule has 0 bridgehead atoms. The standard InChI is InChI=1S/C19H32N4O3/c1-4-5-8-21-19(20)22-14-16(23-9-11-26-12-10-23)15-6-7-17(24-2)18(13-15)25-3/h6-7,13,16H,4-5,8-12,14H2,1-3H3,(H3,20,21,22). The van der Waals surface area contributed by atoms with Gasteiger partial charge < -0.3 is 25.3 Å². The highest BCUT2D eigenvalue weighted by Gasteiger charge is 2.23. The maximum atomic E-state index is 6.02. The van der Waals surface area contributed by atoms with Gasteiger partial charge in [-0.2, -0.15) is 0 Å². The van der Waals surface area contributed by atoms with Crippen molar-refractivity contribution in [2.45, 2.75) is 25.8 Å². The lowest BCUT2D eigenvalue weighted by Gasteiger charge is -2.34. The largest absolute Gasteiger partial charge is 0.493 e. The molecule has 1 aliphatic heterocycles. The number of nitrogens with two attached hydrogens (primary N) is 1. The topological polar surface area (TPSA) is 81.3 Å². The monoisotopic (exact) mass is 364 g/mol. The minimum atomic E-state index is 0.116. The molecule has 26 heavy (non-hydrogen) atoms. The van der Waals surface area contributed by atoms with Crippen LogP contribution in [0.1, 0.15) is 31.4 Å². The molecule has 146 valence electrons. The number of rotatable bonds is 9. The first-order chi connectivity index (χ1) is 12.7. The van der Waals surface area contributed by atoms with Crippen molar-refractivity contribution in [2.24, 2.45) is 10.7 Å². The Kier molecular flexibility index (Phi) is 8.50. The first-order valence-electron chi connectivity index (χ1n) is 9.27. The van der Waals surface area contributed by atoms with Crippen LogP contribution < -0.4 is 20.5 Å². The fourth-order valence-electron chi connectivity index (χ4n) is 3.01. The van der Waals surface area contributed by atoms with E-state index in [1.54, 1.807) is 14.2 Å². The summed E-state index contributed by atoms with van der Waals surface area (Å²) in [5.41, 5.74) is 7.16. The SMILES string of the molecule is CCCCNC(N)=NCC(c1ccc(OC)c(OC)c1)N1CCOCC1. The maximum Gasteiger partial charge on any atom is 0.188 e. The zero-order chi connectivity index (χ0) is 18.8. The smallest absolute Gasteiger partial charge is 0.188 e. The molecule has 7 heteroatoms. The van der Waals surface area contributed by atoms with Crippen molar-refractivity contribution >= 4 is 5.96 Å². The Labute approximate surface area is 156 Å². The van der Waals surface area contributed by atoms with Crippen LogP contribution in [0, 0.1) is 0 Å². The van der Waals surface area contributed by atoms with E-state index in [1.807, 2.05) is 12.1 Å². The third-order valence-corrected chi connectivity index (χ3v) is 4.55. The number of hydrogen-bond acceptors (Lipinski definition) is 5. The van der Waals surface area contributed by atoms with E-state index in [0.717, 1.165) is 62.8 Å². The molecular formula is C19H32N4O3. The fourth-order valence-corrected chi connectivity index (χ4v) is 3.01. The van der Waals surface area contributed by atoms with Gasteiger partial charge >= 0.3 is 0 Å². The molecule has 1 unspecified atom stereocenters. The second-order valence-corrected chi connectivity index (χ2v) is 6.28. The Morgan fingerprint density at radius 1 is 1.27 bits per heavy atom. The van der Waals surface area contributed by atoms with Gasteiger partial charge in [-0.05, 0) is 24.1 Å². The number of methoxy groups -OCH3 is 2. The Balaban J connectivity index is 2.16. The lowest BCUT2D eigenvalue weighted by Crippen LogP contribution is -2.41. The van der Waals surface area contributed by atoms with Crippen molar-refractivity contribution < 1.29 is 14.2 Å². The molecule has 0 amide bonds. The van der Waals surface area contributed by atoms with Gasteiger partial charge in [0.15, 0.2) is 17.5 Å². The van der Waals surface area contributed by atoms with E-state index in [1.165, 1.54) is 0 Å². The van der Waals surface area contributed by atoms with Crippen LogP contribution in [0.25, 0.3) is 0 Å². The number of guanidine groups is 1. The highest BCUT2D eigenvalue weighted by molar-refractivity contribution is 5.77. The van der Waals surface area contributed by atoms with Crippen molar-refractivity contribution in [3.05, 3.63) is 23.8 Å². The number of morpholine rings is 1. The normalized spacial score (nSPS) is 17.0. The number of ether oxygens (including phenoxy) is 3. The van der Waals surface area contributed by atoms with E-state index in [2.05, 4.69) is 28.2 Å². The Morgan fingerprint density at radius 3 is 2.65 bits per heavy atom. The van der Waals surface area contributed by atoms with Crippen LogP contribution in [0.3, 0.4) is 0 Å². The van der Waals surface area contributed by atoms with E-state index in [9.17, 15) is 0 Å². The van der Waals surface area contributed by atoms with Crippen molar-refractivity contribution in [1.82, 2.24) is 10.2 Å². The molecule has 0 radical (unpaired) electrons. The van der Waals surface area contributed by atoms with Gasteiger partial charge in [0.1, 0.15) is 0 Å². The summed E-state index contributed by atoms with van der Waals surface area (Å²) in [5.74, 6) is 1.94. The van der Waals surface area contributed by atoms with Gasteiger partial charge in [0, 0.05) is 19.6 Å². The van der Waals surface area contributed by atoms with E-state index >= 15 is 0 Å². The third-order valence-electron chi connectivity index (χ3n) is 4.55. The first kappa shape index (κ1) is 20.3. The van der Waals surface area contributed by atoms with Crippen LogP contribution in [-0.2, 0) is 4.74 Å². The third kappa shape index (κ3) is 5.78. The summed E-state index contributed by atoms with van der Waals surface area (Å²) in [5, 5.41) is 3.17. The van der Waals surface area contributed by atoms with Gasteiger partial charge in [0.25, 0.3) is 0 Å². The molecule has 0 aliphatic carbocycles. The summed E-state index contributed by atoms with van der Waals surface area (Å²) in [6.45, 7) is 6.80. The van der Waals surface area contributed by atoms with Crippen molar-refractivity contribution in [2.75, 3.05) is 53.6 Å². The van der Waals surface area contributed by atoms with Gasteiger partial charge in [-0.1, -0.05) is 19.4 Å². The minimum Gasteiger partial charge on any atom is -0.493 e. The molecule has 1 aromatic rings. The first-order valence-corrected chi connectivity index (χ1v) is 9.27. The summed E-state index contributed by atoms with van der Waals surface area (Å²) in [7, 11) is 3.29. The van der Waals surface area contributed by atoms with Gasteiger partial charge in [-0.15, -0.1) is 0 Å². The summed E-state index contributed by atoms with van der Waals surface area (Å²) >= 11 is 0. The van der Waals surface area contributed by atoms with Gasteiger partial charge in [-0.3, -0.25) is 9.89 Å². The van der Waals surface area contributed by atoms with Crippen LogP contribution in [0.2, 0.25) is 0 Å². The Morgan fingerprint density at radius 2 is 2.00 bits per heavy atom. The molecule has 3 N–H and O–H groups in total. The van der Waals surface area contributed by atoms with E-state index in [4.69, 9.17) is 19.9 Å². The molecule has 1 saturated heterocycles. The van der Waals surface area contributed by atoms with E-state index < -0.39 is 0 Å². The zero-order valence-corrected chi connectivity index (χ0v) is 16.2. The van der Waals surface area contributed by atoms with Crippen LogP contribution in [0.4, 0.5) is 0 Å². The van der Waals surface area contributed by atoms with Crippen molar-refractivity contribution in [3.63, 3.8) is 0 Å². The molecule has 1 heterocycles. The van der Waals surface area contributed by atoms with Gasteiger partial charge in [0.2, 0.25) is 0 Å². The Hall–Kier alpha value is -1.99. The maximum absolute atomic E-state index is 6.02. The highest BCUT2D eigenvalue weighted by Crippen LogP contribution is 2.32. The average Bonchev–Trinajstić information content (AvgIpc) is 2.69. The molecule has 2 rings (SSSR count). The number of unbranched alkanes of at least 4 members (excludes halogenated alkanes) is 1. The molecule has 0 saturated carbocycles. The molecular weight excluding hydrogens is 332 g/mol. The predicted molar refractivity (Wildman–Crippen MR) is 104 cm³/mol. The van der Waals surface area contributed by atoms with Crippen LogP contribution in [-0.4, -0.2) is 64.5 Å².